The van der Waals surface area contributed by atoms with E-state index in [1.54, 1.807) is 6.07 Å². The van der Waals surface area contributed by atoms with E-state index < -0.39 is 0 Å². The molecular weight excluding hydrogens is 368 g/mol. The van der Waals surface area contributed by atoms with Crippen LogP contribution < -0.4 is 0 Å². The maximum Gasteiger partial charge on any atom is 0.342 e. The van der Waals surface area contributed by atoms with Crippen molar-refractivity contribution in [3.63, 3.8) is 0 Å². The minimum absolute atomic E-state index is 0.0223. The molecule has 29 heavy (non-hydrogen) atoms. The summed E-state index contributed by atoms with van der Waals surface area (Å²) in [5.74, 6) is 0.322. The first-order chi connectivity index (χ1) is 14.2. The molecule has 0 radical (unpaired) electrons. The van der Waals surface area contributed by atoms with Crippen molar-refractivity contribution in [3.8, 4) is 11.5 Å². The molecule has 142 valence electrons. The molecule has 2 aromatic heterocycles. The normalized spacial score (nSPS) is 11.7. The number of fused-ring (bicyclic) bond motifs is 3. The summed E-state index contributed by atoms with van der Waals surface area (Å²) in [5.41, 5.74) is 2.61. The quantitative estimate of drug-likeness (QED) is 0.448. The Kier molecular flexibility index (Phi) is 3.98. The average molecular weight is 384 g/mol. The van der Waals surface area contributed by atoms with E-state index >= 15 is 0 Å². The van der Waals surface area contributed by atoms with Gasteiger partial charge in [0.05, 0.1) is 0 Å². The first kappa shape index (κ1) is 17.0. The molecule has 0 aliphatic heterocycles. The van der Waals surface area contributed by atoms with Gasteiger partial charge in [-0.1, -0.05) is 41.5 Å². The molecule has 0 unspecified atom stereocenters. The topological polar surface area (TPSA) is 96.7 Å². The van der Waals surface area contributed by atoms with Gasteiger partial charge in [-0.3, -0.25) is 0 Å². The predicted octanol–water partition coefficient (Wildman–Crippen LogP) is 4.39. The number of aromatic nitrogens is 3. The summed E-state index contributed by atoms with van der Waals surface area (Å²) in [4.78, 5) is 4.13. The Bertz CT molecular complexity index is 1310. The Morgan fingerprint density at radius 2 is 1.59 bits per heavy atom. The Hall–Kier alpha value is -4.13. The molecular formula is C22H16N4O3. The number of rotatable bonds is 4. The number of aromatic hydroxyl groups is 2. The molecule has 2 heterocycles. The minimum atomic E-state index is -0.0845. The number of phenolic OH excluding ortho intramolecular Hbond substituents is 2. The van der Waals surface area contributed by atoms with Crippen molar-refractivity contribution in [1.82, 2.24) is 14.8 Å². The fourth-order valence-corrected chi connectivity index (χ4v) is 3.44. The standard InChI is InChI=1S/C22H16N4O3/c27-15-10-9-14(20(28)11-15)12-23-22-25-24-21(29-22)13-26-18-7-3-1-5-16(18)17-6-2-4-8-19(17)26/h1-12,27-28H,13H2. The Morgan fingerprint density at radius 3 is 2.28 bits per heavy atom. The van der Waals surface area contributed by atoms with E-state index in [0.717, 1.165) is 11.0 Å². The molecule has 5 aromatic rings. The van der Waals surface area contributed by atoms with Crippen LogP contribution in [-0.4, -0.2) is 31.2 Å². The number of nitrogens with zero attached hydrogens (tertiary/aromatic N) is 4. The van der Waals surface area contributed by atoms with Crippen molar-refractivity contribution < 1.29 is 14.6 Å². The fraction of sp³-hybridized carbons (Fsp3) is 0.0455. The van der Waals surface area contributed by atoms with Gasteiger partial charge < -0.3 is 19.2 Å². The highest BCUT2D eigenvalue weighted by Crippen LogP contribution is 2.29. The van der Waals surface area contributed by atoms with E-state index in [9.17, 15) is 10.2 Å². The maximum absolute atomic E-state index is 9.83. The largest absolute Gasteiger partial charge is 0.508 e. The van der Waals surface area contributed by atoms with Crippen LogP contribution in [0.2, 0.25) is 0 Å². The molecule has 0 spiro atoms. The minimum Gasteiger partial charge on any atom is -0.508 e. The van der Waals surface area contributed by atoms with E-state index in [0.29, 0.717) is 18.0 Å². The Morgan fingerprint density at radius 1 is 0.897 bits per heavy atom. The van der Waals surface area contributed by atoms with Crippen molar-refractivity contribution >= 4 is 34.0 Å². The predicted molar refractivity (Wildman–Crippen MR) is 110 cm³/mol. The van der Waals surface area contributed by atoms with Crippen molar-refractivity contribution in [2.45, 2.75) is 6.54 Å². The number of aliphatic imine (C=N–C) groups is 1. The van der Waals surface area contributed by atoms with Gasteiger partial charge in [0.25, 0.3) is 0 Å². The molecule has 7 heteroatoms. The van der Waals surface area contributed by atoms with Gasteiger partial charge in [-0.2, -0.15) is 0 Å². The van der Waals surface area contributed by atoms with Gasteiger partial charge in [0.15, 0.2) is 0 Å². The van der Waals surface area contributed by atoms with E-state index in [4.69, 9.17) is 4.42 Å². The number of phenols is 2. The van der Waals surface area contributed by atoms with Crippen molar-refractivity contribution in [2.75, 3.05) is 0 Å². The van der Waals surface area contributed by atoms with Crippen LogP contribution in [0, 0.1) is 0 Å². The van der Waals surface area contributed by atoms with Gasteiger partial charge in [0.2, 0.25) is 5.89 Å². The zero-order valence-corrected chi connectivity index (χ0v) is 15.2. The lowest BCUT2D eigenvalue weighted by Gasteiger charge is -2.03. The molecule has 7 nitrogen and oxygen atoms in total. The molecule has 0 aliphatic carbocycles. The second kappa shape index (κ2) is 6.79. The second-order valence-electron chi connectivity index (χ2n) is 6.60. The summed E-state index contributed by atoms with van der Waals surface area (Å²) in [5, 5.41) is 29.6. The SMILES string of the molecule is Oc1ccc(C=Nc2nnc(Cn3c4ccccc4c4ccccc43)o2)c(O)c1. The lowest BCUT2D eigenvalue weighted by Crippen LogP contribution is -1.99. The Labute approximate surface area is 165 Å². The molecule has 0 aliphatic rings. The van der Waals surface area contributed by atoms with Gasteiger partial charge in [-0.15, -0.1) is 5.10 Å². The van der Waals surface area contributed by atoms with Gasteiger partial charge in [0.1, 0.15) is 18.0 Å². The third-order valence-electron chi connectivity index (χ3n) is 4.76. The number of benzene rings is 3. The summed E-state index contributed by atoms with van der Waals surface area (Å²) < 4.78 is 7.80. The van der Waals surface area contributed by atoms with Crippen LogP contribution in [0.3, 0.4) is 0 Å². The lowest BCUT2D eigenvalue weighted by atomic mass is 10.2. The van der Waals surface area contributed by atoms with Gasteiger partial charge in [0, 0.05) is 39.7 Å². The number of hydrogen-bond donors (Lipinski definition) is 2. The molecule has 5 rings (SSSR count). The third kappa shape index (κ3) is 3.08. The molecule has 0 bridgehead atoms. The lowest BCUT2D eigenvalue weighted by molar-refractivity contribution is 0.450. The Balaban J connectivity index is 1.47. The van der Waals surface area contributed by atoms with E-state index in [1.165, 1.54) is 29.1 Å². The summed E-state index contributed by atoms with van der Waals surface area (Å²) in [6, 6.07) is 20.7. The highest BCUT2D eigenvalue weighted by molar-refractivity contribution is 6.08. The smallest absolute Gasteiger partial charge is 0.342 e. The van der Waals surface area contributed by atoms with Crippen LogP contribution in [0.25, 0.3) is 21.8 Å². The zero-order valence-electron chi connectivity index (χ0n) is 15.2. The highest BCUT2D eigenvalue weighted by Gasteiger charge is 2.13. The van der Waals surface area contributed by atoms with Crippen LogP contribution in [0.4, 0.5) is 6.01 Å². The monoisotopic (exact) mass is 384 g/mol. The van der Waals surface area contributed by atoms with Gasteiger partial charge in [-0.05, 0) is 24.3 Å². The van der Waals surface area contributed by atoms with Crippen LogP contribution in [0.1, 0.15) is 11.5 Å². The summed E-state index contributed by atoms with van der Waals surface area (Å²) in [6.45, 7) is 0.418. The maximum atomic E-state index is 9.83. The first-order valence-electron chi connectivity index (χ1n) is 9.03. The van der Waals surface area contributed by atoms with E-state index in [1.807, 2.05) is 24.3 Å². The van der Waals surface area contributed by atoms with Crippen molar-refractivity contribution in [2.24, 2.45) is 4.99 Å². The van der Waals surface area contributed by atoms with Crippen LogP contribution in [0.15, 0.2) is 76.1 Å². The van der Waals surface area contributed by atoms with Crippen molar-refractivity contribution in [1.29, 1.82) is 0 Å². The molecule has 0 atom stereocenters. The van der Waals surface area contributed by atoms with Gasteiger partial charge in [-0.25, -0.2) is 4.99 Å². The molecule has 0 saturated carbocycles. The summed E-state index contributed by atoms with van der Waals surface area (Å²) in [6.07, 6.45) is 1.41. The first-order valence-corrected chi connectivity index (χ1v) is 9.03. The van der Waals surface area contributed by atoms with Crippen LogP contribution in [-0.2, 0) is 6.54 Å². The average Bonchev–Trinajstić information content (AvgIpc) is 3.31. The van der Waals surface area contributed by atoms with E-state index in [2.05, 4.69) is 44.0 Å². The fourth-order valence-electron chi connectivity index (χ4n) is 3.44. The molecule has 0 amide bonds. The van der Waals surface area contributed by atoms with E-state index in [-0.39, 0.29) is 17.5 Å². The van der Waals surface area contributed by atoms with Gasteiger partial charge >= 0.3 is 6.01 Å². The zero-order chi connectivity index (χ0) is 19.8. The van der Waals surface area contributed by atoms with Crippen LogP contribution >= 0.6 is 0 Å². The molecule has 2 N–H and O–H groups in total. The second-order valence-corrected chi connectivity index (χ2v) is 6.60. The number of para-hydroxylation sites is 2. The van der Waals surface area contributed by atoms with Crippen LogP contribution in [0.5, 0.6) is 11.5 Å². The molecule has 0 fully saturated rings. The highest BCUT2D eigenvalue weighted by atomic mass is 16.4. The molecule has 0 saturated heterocycles. The van der Waals surface area contributed by atoms with Crippen molar-refractivity contribution in [3.05, 3.63) is 78.2 Å². The summed E-state index contributed by atoms with van der Waals surface area (Å²) in [7, 11) is 0. The molecule has 3 aromatic carbocycles. The number of hydrogen-bond acceptors (Lipinski definition) is 6. The summed E-state index contributed by atoms with van der Waals surface area (Å²) >= 11 is 0. The third-order valence-corrected chi connectivity index (χ3v) is 4.76.